The van der Waals surface area contributed by atoms with Gasteiger partial charge in [-0.25, -0.2) is 14.8 Å². The van der Waals surface area contributed by atoms with E-state index >= 15 is 0 Å². The van der Waals surface area contributed by atoms with Gasteiger partial charge in [-0.15, -0.1) is 11.3 Å². The summed E-state index contributed by atoms with van der Waals surface area (Å²) in [6.45, 7) is 1.80. The second-order valence-corrected chi connectivity index (χ2v) is 7.61. The van der Waals surface area contributed by atoms with Gasteiger partial charge in [-0.2, -0.15) is 0 Å². The van der Waals surface area contributed by atoms with E-state index in [1.165, 1.54) is 4.90 Å². The highest BCUT2D eigenvalue weighted by Gasteiger charge is 2.33. The van der Waals surface area contributed by atoms with Gasteiger partial charge in [-0.05, 0) is 31.2 Å². The summed E-state index contributed by atoms with van der Waals surface area (Å²) in [5.41, 5.74) is 7.70. The zero-order chi connectivity index (χ0) is 20.8. The summed E-state index contributed by atoms with van der Waals surface area (Å²) in [7, 11) is 0. The van der Waals surface area contributed by atoms with Gasteiger partial charge in [0.25, 0.3) is 5.91 Å². The molecular formula is C21H15N5O3S. The molecule has 0 radical (unpaired) electrons. The van der Waals surface area contributed by atoms with Crippen molar-refractivity contribution >= 4 is 50.6 Å². The number of primary amides is 1. The van der Waals surface area contributed by atoms with Crippen molar-refractivity contribution in [3.8, 4) is 11.6 Å². The van der Waals surface area contributed by atoms with Crippen LogP contribution in [0.2, 0.25) is 0 Å². The van der Waals surface area contributed by atoms with Crippen LogP contribution in [0.15, 0.2) is 54.7 Å². The van der Waals surface area contributed by atoms with Crippen molar-refractivity contribution < 1.29 is 14.3 Å². The molecular weight excluding hydrogens is 402 g/mol. The molecule has 9 heteroatoms. The van der Waals surface area contributed by atoms with E-state index in [-0.39, 0.29) is 4.88 Å². The number of aryl methyl sites for hydroxylation is 1. The molecule has 0 atom stereocenters. The number of carbonyl (C=O) groups is 2. The number of nitrogens with two attached hydrogens (primary N) is 1. The molecule has 0 spiro atoms. The average molecular weight is 417 g/mol. The number of rotatable bonds is 4. The average Bonchev–Trinajstić information content (AvgIpc) is 3.10. The smallest absolute Gasteiger partial charge is 0.331 e. The number of pyridine rings is 2. The first-order valence-corrected chi connectivity index (χ1v) is 9.87. The van der Waals surface area contributed by atoms with E-state index in [4.69, 9.17) is 10.5 Å². The third-order valence-corrected chi connectivity index (χ3v) is 5.82. The van der Waals surface area contributed by atoms with Gasteiger partial charge in [-0.1, -0.05) is 18.2 Å². The minimum absolute atomic E-state index is 0.277. The Bertz CT molecular complexity index is 1320. The summed E-state index contributed by atoms with van der Waals surface area (Å²) < 4.78 is 5.78. The van der Waals surface area contributed by atoms with E-state index in [2.05, 4.69) is 15.3 Å². The zero-order valence-corrected chi connectivity index (χ0v) is 16.6. The number of nitrogens with one attached hydrogen (secondary N) is 1. The maximum Gasteiger partial charge on any atom is 0.331 e. The third-order valence-electron chi connectivity index (χ3n) is 4.71. The minimum Gasteiger partial charge on any atom is -0.439 e. The van der Waals surface area contributed by atoms with Gasteiger partial charge in [0, 0.05) is 12.3 Å². The first-order valence-electron chi connectivity index (χ1n) is 9.06. The van der Waals surface area contributed by atoms with Crippen molar-refractivity contribution in [1.29, 1.82) is 0 Å². The molecule has 1 aliphatic rings. The standard InChI is InChI=1S/C21H15N5O3S/c1-11-13(7-8-15(24-11)29-12-5-3-2-4-6-12)26-14-9-10-23-20-16(14)17(25-21(26)28)18(30-20)19(22)27/h2-10H,1H3,(H2,22,27)(H,25,28). The van der Waals surface area contributed by atoms with Crippen LogP contribution < -0.4 is 20.7 Å². The number of amides is 3. The molecule has 0 unspecified atom stereocenters. The normalized spacial score (nSPS) is 12.7. The molecule has 0 saturated heterocycles. The van der Waals surface area contributed by atoms with Gasteiger partial charge in [0.05, 0.1) is 28.1 Å². The predicted molar refractivity (Wildman–Crippen MR) is 115 cm³/mol. The van der Waals surface area contributed by atoms with Crippen LogP contribution in [0.3, 0.4) is 0 Å². The molecule has 1 aromatic carbocycles. The Hall–Kier alpha value is -3.98. The number of carbonyl (C=O) groups excluding carboxylic acids is 2. The molecule has 4 heterocycles. The monoisotopic (exact) mass is 417 g/mol. The quantitative estimate of drug-likeness (QED) is 0.505. The largest absolute Gasteiger partial charge is 0.439 e. The Morgan fingerprint density at radius 2 is 1.93 bits per heavy atom. The molecule has 0 bridgehead atoms. The van der Waals surface area contributed by atoms with Gasteiger partial charge >= 0.3 is 6.03 Å². The predicted octanol–water partition coefficient (Wildman–Crippen LogP) is 4.57. The third kappa shape index (κ3) is 2.83. The highest BCUT2D eigenvalue weighted by molar-refractivity contribution is 7.21. The van der Waals surface area contributed by atoms with Crippen LogP contribution in [0.1, 0.15) is 15.4 Å². The van der Waals surface area contributed by atoms with Crippen molar-refractivity contribution in [2.24, 2.45) is 5.73 Å². The van der Waals surface area contributed by atoms with Crippen molar-refractivity contribution in [3.05, 3.63) is 65.3 Å². The molecule has 3 aromatic heterocycles. The molecule has 3 amide bonds. The maximum atomic E-state index is 13.0. The Labute approximate surface area is 174 Å². The molecule has 30 heavy (non-hydrogen) atoms. The highest BCUT2D eigenvalue weighted by atomic mass is 32.1. The number of hydrogen-bond acceptors (Lipinski definition) is 6. The van der Waals surface area contributed by atoms with Crippen molar-refractivity contribution in [3.63, 3.8) is 0 Å². The first-order chi connectivity index (χ1) is 14.5. The summed E-state index contributed by atoms with van der Waals surface area (Å²) >= 11 is 1.16. The lowest BCUT2D eigenvalue weighted by Crippen LogP contribution is -2.35. The zero-order valence-electron chi connectivity index (χ0n) is 15.7. The molecule has 0 aliphatic carbocycles. The molecule has 4 aromatic rings. The van der Waals surface area contributed by atoms with Crippen LogP contribution in [0, 0.1) is 6.92 Å². The van der Waals surface area contributed by atoms with E-state index in [0.29, 0.717) is 44.6 Å². The number of ether oxygens (including phenoxy) is 1. The lowest BCUT2D eigenvalue weighted by atomic mass is 10.1. The van der Waals surface area contributed by atoms with E-state index in [9.17, 15) is 9.59 Å². The number of para-hydroxylation sites is 1. The Morgan fingerprint density at radius 1 is 1.13 bits per heavy atom. The number of urea groups is 1. The van der Waals surface area contributed by atoms with Crippen molar-refractivity contribution in [1.82, 2.24) is 9.97 Å². The SMILES string of the molecule is Cc1nc(Oc2ccccc2)ccc1N1C(=O)Nc2c(C(N)=O)sc3nccc1c23. The summed E-state index contributed by atoms with van der Waals surface area (Å²) in [5, 5.41) is 3.46. The molecule has 8 nitrogen and oxygen atoms in total. The lowest BCUT2D eigenvalue weighted by Gasteiger charge is -2.29. The lowest BCUT2D eigenvalue weighted by molar-refractivity contribution is 0.100. The molecule has 0 saturated carbocycles. The number of benzene rings is 1. The van der Waals surface area contributed by atoms with Crippen LogP contribution in [0.5, 0.6) is 11.6 Å². The van der Waals surface area contributed by atoms with Crippen molar-refractivity contribution in [2.75, 3.05) is 10.2 Å². The molecule has 3 N–H and O–H groups in total. The second-order valence-electron chi connectivity index (χ2n) is 6.62. The Morgan fingerprint density at radius 3 is 2.67 bits per heavy atom. The fraction of sp³-hybridized carbons (Fsp3) is 0.0476. The van der Waals surface area contributed by atoms with E-state index in [0.717, 1.165) is 11.3 Å². The summed E-state index contributed by atoms with van der Waals surface area (Å²) in [6.07, 6.45) is 1.60. The number of thiophene rings is 1. The van der Waals surface area contributed by atoms with Gasteiger partial charge in [0.1, 0.15) is 15.5 Å². The molecule has 1 aliphatic heterocycles. The van der Waals surface area contributed by atoms with Crippen LogP contribution >= 0.6 is 11.3 Å². The van der Waals surface area contributed by atoms with Gasteiger partial charge in [0.15, 0.2) is 0 Å². The Balaban J connectivity index is 1.59. The number of hydrogen-bond donors (Lipinski definition) is 2. The number of anilines is 3. The minimum atomic E-state index is -0.604. The fourth-order valence-corrected chi connectivity index (χ4v) is 4.40. The second kappa shape index (κ2) is 6.82. The topological polar surface area (TPSA) is 110 Å². The van der Waals surface area contributed by atoms with E-state index in [1.54, 1.807) is 31.3 Å². The number of aromatic nitrogens is 2. The highest BCUT2D eigenvalue weighted by Crippen LogP contribution is 2.46. The fourth-order valence-electron chi connectivity index (χ4n) is 3.43. The van der Waals surface area contributed by atoms with Crippen LogP contribution in [-0.4, -0.2) is 21.9 Å². The van der Waals surface area contributed by atoms with Gasteiger partial charge < -0.3 is 15.8 Å². The Kier molecular flexibility index (Phi) is 4.11. The molecule has 148 valence electrons. The summed E-state index contributed by atoms with van der Waals surface area (Å²) in [5.74, 6) is 0.491. The number of nitrogens with zero attached hydrogens (tertiary/aromatic N) is 3. The molecule has 0 fully saturated rings. The van der Waals surface area contributed by atoms with Crippen LogP contribution in [0.4, 0.5) is 21.9 Å². The van der Waals surface area contributed by atoms with E-state index < -0.39 is 11.9 Å². The van der Waals surface area contributed by atoms with Crippen LogP contribution in [-0.2, 0) is 0 Å². The van der Waals surface area contributed by atoms with Crippen molar-refractivity contribution in [2.45, 2.75) is 6.92 Å². The maximum absolute atomic E-state index is 13.0. The van der Waals surface area contributed by atoms with E-state index in [1.807, 2.05) is 30.3 Å². The summed E-state index contributed by atoms with van der Waals surface area (Å²) in [6, 6.07) is 14.1. The van der Waals surface area contributed by atoms with Crippen LogP contribution in [0.25, 0.3) is 10.2 Å². The molecule has 5 rings (SSSR count). The first kappa shape index (κ1) is 18.1. The van der Waals surface area contributed by atoms with Gasteiger partial charge in [-0.3, -0.25) is 9.69 Å². The van der Waals surface area contributed by atoms with Gasteiger partial charge in [0.2, 0.25) is 5.88 Å². The summed E-state index contributed by atoms with van der Waals surface area (Å²) in [4.78, 5) is 36.0.